The van der Waals surface area contributed by atoms with Crippen molar-refractivity contribution in [2.24, 2.45) is 0 Å². The Bertz CT molecular complexity index is 311. The number of hydrogen-bond donors (Lipinski definition) is 1. The standard InChI is InChI=1S/C15H25N/c1-10(2)13-8-7-9-14(11(3)4)15(13)16-12(5)6/h7-12,16H,1-6H3. The molecule has 1 nitrogen and oxygen atoms in total. The van der Waals surface area contributed by atoms with Gasteiger partial charge in [0.2, 0.25) is 0 Å². The van der Waals surface area contributed by atoms with Crippen molar-refractivity contribution in [3.8, 4) is 0 Å². The SMILES string of the molecule is CC(C)Nc1c(C(C)C)cccc1C(C)C. The van der Waals surface area contributed by atoms with Gasteiger partial charge in [0.15, 0.2) is 0 Å². The topological polar surface area (TPSA) is 12.0 Å². The van der Waals surface area contributed by atoms with E-state index in [2.05, 4.69) is 65.1 Å². The Kier molecular flexibility index (Phi) is 4.40. The van der Waals surface area contributed by atoms with Crippen molar-refractivity contribution in [3.63, 3.8) is 0 Å². The average molecular weight is 219 g/mol. The van der Waals surface area contributed by atoms with Crippen molar-refractivity contribution in [3.05, 3.63) is 29.3 Å². The molecule has 1 heteroatoms. The Labute approximate surface area is 100 Å². The van der Waals surface area contributed by atoms with Crippen LogP contribution in [0.15, 0.2) is 18.2 Å². The van der Waals surface area contributed by atoms with E-state index < -0.39 is 0 Å². The molecule has 0 aliphatic rings. The number of anilines is 1. The maximum atomic E-state index is 3.60. The van der Waals surface area contributed by atoms with E-state index >= 15 is 0 Å². The van der Waals surface area contributed by atoms with Crippen LogP contribution in [0.3, 0.4) is 0 Å². The molecular weight excluding hydrogens is 194 g/mol. The number of rotatable bonds is 4. The molecule has 0 unspecified atom stereocenters. The third kappa shape index (κ3) is 3.01. The van der Waals surface area contributed by atoms with Gasteiger partial charge in [0, 0.05) is 11.7 Å². The predicted molar refractivity (Wildman–Crippen MR) is 73.4 cm³/mol. The van der Waals surface area contributed by atoms with Crippen molar-refractivity contribution >= 4 is 5.69 Å². The van der Waals surface area contributed by atoms with E-state index in [0.717, 1.165) is 0 Å². The molecule has 90 valence electrons. The molecule has 0 aliphatic heterocycles. The summed E-state index contributed by atoms with van der Waals surface area (Å²) in [6.07, 6.45) is 0. The van der Waals surface area contributed by atoms with Crippen molar-refractivity contribution < 1.29 is 0 Å². The summed E-state index contributed by atoms with van der Waals surface area (Å²) in [7, 11) is 0. The smallest absolute Gasteiger partial charge is 0.0412 e. The third-order valence-electron chi connectivity index (χ3n) is 2.81. The molecule has 0 amide bonds. The highest BCUT2D eigenvalue weighted by atomic mass is 14.9. The zero-order chi connectivity index (χ0) is 12.3. The summed E-state index contributed by atoms with van der Waals surface area (Å²) in [5, 5.41) is 3.60. The van der Waals surface area contributed by atoms with Gasteiger partial charge in [-0.25, -0.2) is 0 Å². The summed E-state index contributed by atoms with van der Waals surface area (Å²) in [5.41, 5.74) is 4.21. The van der Waals surface area contributed by atoms with E-state index in [1.807, 2.05) is 0 Å². The first-order chi connectivity index (χ1) is 7.43. The molecule has 0 aromatic heterocycles. The Balaban J connectivity index is 3.23. The van der Waals surface area contributed by atoms with E-state index in [-0.39, 0.29) is 0 Å². The van der Waals surface area contributed by atoms with Crippen LogP contribution in [-0.4, -0.2) is 6.04 Å². The molecule has 0 fully saturated rings. The fraction of sp³-hybridized carbons (Fsp3) is 0.600. The van der Waals surface area contributed by atoms with Crippen LogP contribution in [0.5, 0.6) is 0 Å². The summed E-state index contributed by atoms with van der Waals surface area (Å²) in [6, 6.07) is 7.14. The van der Waals surface area contributed by atoms with Crippen molar-refractivity contribution in [1.82, 2.24) is 0 Å². The molecule has 0 radical (unpaired) electrons. The summed E-state index contributed by atoms with van der Waals surface area (Å²) in [5.74, 6) is 1.14. The van der Waals surface area contributed by atoms with Crippen LogP contribution in [0.1, 0.15) is 64.5 Å². The molecular formula is C15H25N. The van der Waals surface area contributed by atoms with E-state index in [9.17, 15) is 0 Å². The lowest BCUT2D eigenvalue weighted by Gasteiger charge is -2.22. The highest BCUT2D eigenvalue weighted by Gasteiger charge is 2.13. The van der Waals surface area contributed by atoms with Crippen LogP contribution in [-0.2, 0) is 0 Å². The van der Waals surface area contributed by atoms with E-state index in [1.165, 1.54) is 16.8 Å². The van der Waals surface area contributed by atoms with Gasteiger partial charge in [-0.2, -0.15) is 0 Å². The van der Waals surface area contributed by atoms with E-state index in [0.29, 0.717) is 17.9 Å². The van der Waals surface area contributed by atoms with Gasteiger partial charge in [-0.15, -0.1) is 0 Å². The first kappa shape index (κ1) is 13.1. The van der Waals surface area contributed by atoms with Crippen LogP contribution in [0.25, 0.3) is 0 Å². The van der Waals surface area contributed by atoms with Gasteiger partial charge < -0.3 is 5.32 Å². The number of benzene rings is 1. The normalized spacial score (nSPS) is 11.6. The summed E-state index contributed by atoms with van der Waals surface area (Å²) < 4.78 is 0. The van der Waals surface area contributed by atoms with Crippen LogP contribution in [0.4, 0.5) is 5.69 Å². The molecule has 0 spiro atoms. The number of nitrogens with one attached hydrogen (secondary N) is 1. The Morgan fingerprint density at radius 1 is 0.812 bits per heavy atom. The average Bonchev–Trinajstić information content (AvgIpc) is 2.16. The number of hydrogen-bond acceptors (Lipinski definition) is 1. The van der Waals surface area contributed by atoms with Gasteiger partial charge in [-0.3, -0.25) is 0 Å². The highest BCUT2D eigenvalue weighted by Crippen LogP contribution is 2.32. The first-order valence-corrected chi connectivity index (χ1v) is 6.32. The monoisotopic (exact) mass is 219 g/mol. The largest absolute Gasteiger partial charge is 0.382 e. The minimum Gasteiger partial charge on any atom is -0.382 e. The summed E-state index contributed by atoms with van der Waals surface area (Å²) >= 11 is 0. The molecule has 0 bridgehead atoms. The molecule has 0 heterocycles. The zero-order valence-corrected chi connectivity index (χ0v) is 11.5. The van der Waals surface area contributed by atoms with Gasteiger partial charge in [0.1, 0.15) is 0 Å². The summed E-state index contributed by atoms with van der Waals surface area (Å²) in [6.45, 7) is 13.4. The zero-order valence-electron chi connectivity index (χ0n) is 11.5. The van der Waals surface area contributed by atoms with Crippen molar-refractivity contribution in [2.45, 2.75) is 59.4 Å². The van der Waals surface area contributed by atoms with Crippen molar-refractivity contribution in [1.29, 1.82) is 0 Å². The van der Waals surface area contributed by atoms with Crippen LogP contribution in [0.2, 0.25) is 0 Å². The lowest BCUT2D eigenvalue weighted by atomic mass is 9.92. The van der Waals surface area contributed by atoms with E-state index in [1.54, 1.807) is 0 Å². The molecule has 0 aliphatic carbocycles. The number of para-hydroxylation sites is 1. The van der Waals surface area contributed by atoms with Gasteiger partial charge in [0.25, 0.3) is 0 Å². The second-order valence-electron chi connectivity index (χ2n) is 5.42. The van der Waals surface area contributed by atoms with Crippen molar-refractivity contribution in [2.75, 3.05) is 5.32 Å². The third-order valence-corrected chi connectivity index (χ3v) is 2.81. The maximum Gasteiger partial charge on any atom is 0.0412 e. The van der Waals surface area contributed by atoms with E-state index in [4.69, 9.17) is 0 Å². The summed E-state index contributed by atoms with van der Waals surface area (Å²) in [4.78, 5) is 0. The Hall–Kier alpha value is -0.980. The molecule has 16 heavy (non-hydrogen) atoms. The maximum absolute atomic E-state index is 3.60. The predicted octanol–water partition coefficient (Wildman–Crippen LogP) is 4.75. The molecule has 1 aromatic rings. The minimum atomic E-state index is 0.484. The van der Waals surface area contributed by atoms with Gasteiger partial charge in [-0.05, 0) is 36.8 Å². The minimum absolute atomic E-state index is 0.484. The lowest BCUT2D eigenvalue weighted by molar-refractivity contribution is 0.815. The quantitative estimate of drug-likeness (QED) is 0.770. The molecule has 1 rings (SSSR count). The fourth-order valence-electron chi connectivity index (χ4n) is 2.01. The van der Waals surface area contributed by atoms with Crippen LogP contribution in [0, 0.1) is 0 Å². The van der Waals surface area contributed by atoms with Gasteiger partial charge in [-0.1, -0.05) is 45.9 Å². The fourth-order valence-corrected chi connectivity index (χ4v) is 2.01. The molecule has 0 saturated heterocycles. The Morgan fingerprint density at radius 2 is 1.25 bits per heavy atom. The highest BCUT2D eigenvalue weighted by molar-refractivity contribution is 5.60. The Morgan fingerprint density at radius 3 is 1.56 bits per heavy atom. The lowest BCUT2D eigenvalue weighted by Crippen LogP contribution is -2.14. The first-order valence-electron chi connectivity index (χ1n) is 6.32. The molecule has 0 atom stereocenters. The second kappa shape index (κ2) is 5.38. The molecule has 0 saturated carbocycles. The molecule has 1 N–H and O–H groups in total. The second-order valence-corrected chi connectivity index (χ2v) is 5.42. The molecule has 1 aromatic carbocycles. The van der Waals surface area contributed by atoms with Crippen LogP contribution >= 0.6 is 0 Å². The van der Waals surface area contributed by atoms with Gasteiger partial charge in [0.05, 0.1) is 0 Å². The van der Waals surface area contributed by atoms with Crippen LogP contribution < -0.4 is 5.32 Å². The van der Waals surface area contributed by atoms with Gasteiger partial charge >= 0.3 is 0 Å².